The lowest BCUT2D eigenvalue weighted by Crippen LogP contribution is -2.34. The van der Waals surface area contributed by atoms with Gasteiger partial charge in [0.2, 0.25) is 0 Å². The molecule has 0 aliphatic carbocycles. The number of carbonyl (C=O) groups excluding carboxylic acids is 1. The van der Waals surface area contributed by atoms with Crippen LogP contribution in [-0.4, -0.2) is 27.7 Å². The summed E-state index contributed by atoms with van der Waals surface area (Å²) in [5.41, 5.74) is 1.08. The Morgan fingerprint density at radius 2 is 1.90 bits per heavy atom. The summed E-state index contributed by atoms with van der Waals surface area (Å²) < 4.78 is 5.74. The fourth-order valence-electron chi connectivity index (χ4n) is 2.33. The first-order valence-corrected chi connectivity index (χ1v) is 8.07. The summed E-state index contributed by atoms with van der Waals surface area (Å²) in [6.07, 6.45) is 0.562. The van der Waals surface area contributed by atoms with E-state index in [4.69, 9.17) is 4.74 Å². The van der Waals surface area contributed by atoms with E-state index in [9.17, 15) is 4.79 Å². The average molecular weight is 293 g/mol. The standard InChI is InChI=1S/C16H23NO2S/c1-5-13-14(12-9-7-6-8-10-12)19-15(18)17(13)11-20-16(2,3)4/h6-10,13-14H,5,11H2,1-4H3/t13-,14+/m1/s1. The maximum atomic E-state index is 12.1. The van der Waals surface area contributed by atoms with Crippen LogP contribution >= 0.6 is 11.8 Å². The zero-order chi connectivity index (χ0) is 14.8. The van der Waals surface area contributed by atoms with Crippen LogP contribution < -0.4 is 0 Å². The fraction of sp³-hybridized carbons (Fsp3) is 0.562. The van der Waals surface area contributed by atoms with Crippen LogP contribution in [0, 0.1) is 0 Å². The molecule has 1 saturated heterocycles. The zero-order valence-electron chi connectivity index (χ0n) is 12.6. The van der Waals surface area contributed by atoms with Crippen LogP contribution in [0.15, 0.2) is 30.3 Å². The number of hydrogen-bond donors (Lipinski definition) is 0. The number of cyclic esters (lactones) is 1. The Morgan fingerprint density at radius 3 is 2.45 bits per heavy atom. The van der Waals surface area contributed by atoms with E-state index in [0.29, 0.717) is 5.88 Å². The highest BCUT2D eigenvalue weighted by molar-refractivity contribution is 8.00. The molecule has 0 unspecified atom stereocenters. The predicted molar refractivity (Wildman–Crippen MR) is 83.8 cm³/mol. The number of thioether (sulfide) groups is 1. The van der Waals surface area contributed by atoms with Crippen molar-refractivity contribution in [1.29, 1.82) is 0 Å². The molecular weight excluding hydrogens is 270 g/mol. The Balaban J connectivity index is 2.13. The molecule has 1 aromatic rings. The summed E-state index contributed by atoms with van der Waals surface area (Å²) in [5, 5.41) is 0. The van der Waals surface area contributed by atoms with Gasteiger partial charge in [-0.3, -0.25) is 4.90 Å². The Hall–Kier alpha value is -1.16. The molecule has 0 bridgehead atoms. The van der Waals surface area contributed by atoms with Crippen LogP contribution in [0.5, 0.6) is 0 Å². The second-order valence-corrected chi connectivity index (χ2v) is 7.82. The third-order valence-electron chi connectivity index (χ3n) is 3.40. The van der Waals surface area contributed by atoms with Gasteiger partial charge in [-0.1, -0.05) is 58.0 Å². The maximum absolute atomic E-state index is 12.1. The number of carbonyl (C=O) groups is 1. The Kier molecular flexibility index (Phi) is 4.63. The first kappa shape index (κ1) is 15.2. The largest absolute Gasteiger partial charge is 0.439 e. The van der Waals surface area contributed by atoms with Crippen molar-refractivity contribution in [1.82, 2.24) is 4.90 Å². The molecule has 2 rings (SSSR count). The molecule has 0 aromatic heterocycles. The van der Waals surface area contributed by atoms with Gasteiger partial charge >= 0.3 is 6.09 Å². The van der Waals surface area contributed by atoms with Crippen LogP contribution in [0.4, 0.5) is 4.79 Å². The zero-order valence-corrected chi connectivity index (χ0v) is 13.4. The van der Waals surface area contributed by atoms with Crippen molar-refractivity contribution in [3.63, 3.8) is 0 Å². The lowest BCUT2D eigenvalue weighted by atomic mass is 10.0. The molecule has 0 spiro atoms. The molecule has 110 valence electrons. The molecule has 3 nitrogen and oxygen atoms in total. The van der Waals surface area contributed by atoms with Gasteiger partial charge in [-0.15, -0.1) is 11.8 Å². The third-order valence-corrected chi connectivity index (χ3v) is 4.67. The van der Waals surface area contributed by atoms with Crippen molar-refractivity contribution in [2.45, 2.75) is 51.0 Å². The first-order chi connectivity index (χ1) is 9.42. The molecule has 2 atom stereocenters. The topological polar surface area (TPSA) is 29.5 Å². The van der Waals surface area contributed by atoms with Crippen molar-refractivity contribution in [2.24, 2.45) is 0 Å². The number of nitrogens with zero attached hydrogens (tertiary/aromatic N) is 1. The summed E-state index contributed by atoms with van der Waals surface area (Å²) in [4.78, 5) is 14.0. The molecule has 0 saturated carbocycles. The molecular formula is C16H23NO2S. The van der Waals surface area contributed by atoms with Crippen LogP contribution in [0.2, 0.25) is 0 Å². The van der Waals surface area contributed by atoms with E-state index in [1.807, 2.05) is 35.2 Å². The second-order valence-electron chi connectivity index (χ2n) is 6.05. The van der Waals surface area contributed by atoms with Gasteiger partial charge in [0.05, 0.1) is 11.9 Å². The van der Waals surface area contributed by atoms with E-state index in [1.54, 1.807) is 11.8 Å². The molecule has 1 amide bonds. The minimum atomic E-state index is -0.192. The highest BCUT2D eigenvalue weighted by Crippen LogP contribution is 2.36. The molecule has 1 fully saturated rings. The number of ether oxygens (including phenoxy) is 1. The first-order valence-electron chi connectivity index (χ1n) is 7.08. The highest BCUT2D eigenvalue weighted by atomic mass is 32.2. The molecule has 1 aliphatic heterocycles. The molecule has 1 aromatic carbocycles. The van der Waals surface area contributed by atoms with Gasteiger partial charge < -0.3 is 4.74 Å². The summed E-state index contributed by atoms with van der Waals surface area (Å²) in [5.74, 6) is 0.685. The monoisotopic (exact) mass is 293 g/mol. The van der Waals surface area contributed by atoms with Crippen molar-refractivity contribution in [2.75, 3.05) is 5.88 Å². The Labute approximate surface area is 125 Å². The summed E-state index contributed by atoms with van der Waals surface area (Å²) >= 11 is 1.78. The van der Waals surface area contributed by atoms with Crippen LogP contribution in [0.25, 0.3) is 0 Å². The van der Waals surface area contributed by atoms with Crippen molar-refractivity contribution in [3.05, 3.63) is 35.9 Å². The van der Waals surface area contributed by atoms with E-state index in [0.717, 1.165) is 12.0 Å². The van der Waals surface area contributed by atoms with E-state index in [1.165, 1.54) is 0 Å². The average Bonchev–Trinajstić information content (AvgIpc) is 2.73. The van der Waals surface area contributed by atoms with E-state index in [2.05, 4.69) is 27.7 Å². The number of rotatable bonds is 4. The van der Waals surface area contributed by atoms with Crippen molar-refractivity contribution >= 4 is 17.9 Å². The van der Waals surface area contributed by atoms with Crippen molar-refractivity contribution in [3.8, 4) is 0 Å². The summed E-state index contributed by atoms with van der Waals surface area (Å²) in [6.45, 7) is 8.59. The van der Waals surface area contributed by atoms with Gasteiger partial charge in [-0.2, -0.15) is 0 Å². The second kappa shape index (κ2) is 6.08. The van der Waals surface area contributed by atoms with Crippen LogP contribution in [0.3, 0.4) is 0 Å². The molecule has 1 heterocycles. The fourth-order valence-corrected chi connectivity index (χ4v) is 3.16. The molecule has 0 radical (unpaired) electrons. The maximum Gasteiger partial charge on any atom is 0.411 e. The quantitative estimate of drug-likeness (QED) is 0.821. The lowest BCUT2D eigenvalue weighted by molar-refractivity contribution is 0.130. The minimum absolute atomic E-state index is 0.125. The summed E-state index contributed by atoms with van der Waals surface area (Å²) in [6, 6.07) is 10.1. The normalized spacial score (nSPS) is 23.0. The lowest BCUT2D eigenvalue weighted by Gasteiger charge is -2.26. The van der Waals surface area contributed by atoms with Gasteiger partial charge in [0.25, 0.3) is 0 Å². The molecule has 4 heteroatoms. The Morgan fingerprint density at radius 1 is 1.25 bits per heavy atom. The minimum Gasteiger partial charge on any atom is -0.439 e. The van der Waals surface area contributed by atoms with E-state index in [-0.39, 0.29) is 23.0 Å². The van der Waals surface area contributed by atoms with Crippen molar-refractivity contribution < 1.29 is 9.53 Å². The van der Waals surface area contributed by atoms with E-state index >= 15 is 0 Å². The van der Waals surface area contributed by atoms with Gasteiger partial charge in [0.1, 0.15) is 6.10 Å². The summed E-state index contributed by atoms with van der Waals surface area (Å²) in [7, 11) is 0. The number of hydrogen-bond acceptors (Lipinski definition) is 3. The van der Waals surface area contributed by atoms with Crippen LogP contribution in [0.1, 0.15) is 45.8 Å². The predicted octanol–water partition coefficient (Wildman–Crippen LogP) is 4.45. The molecule has 20 heavy (non-hydrogen) atoms. The molecule has 1 aliphatic rings. The number of benzene rings is 1. The third kappa shape index (κ3) is 3.48. The smallest absolute Gasteiger partial charge is 0.411 e. The van der Waals surface area contributed by atoms with Gasteiger partial charge in [-0.05, 0) is 12.0 Å². The Bertz CT molecular complexity index is 455. The van der Waals surface area contributed by atoms with Crippen LogP contribution in [-0.2, 0) is 4.74 Å². The van der Waals surface area contributed by atoms with Gasteiger partial charge in [0.15, 0.2) is 0 Å². The van der Waals surface area contributed by atoms with Gasteiger partial charge in [-0.25, -0.2) is 4.79 Å². The number of amides is 1. The van der Waals surface area contributed by atoms with E-state index < -0.39 is 0 Å². The highest BCUT2D eigenvalue weighted by Gasteiger charge is 2.41. The molecule has 0 N–H and O–H groups in total. The SMILES string of the molecule is CC[C@@H]1[C@H](c2ccccc2)OC(=O)N1CSC(C)(C)C. The van der Waals surface area contributed by atoms with Gasteiger partial charge in [0, 0.05) is 4.75 Å².